The molecule has 5 atom stereocenters. The number of aliphatic hydroxyl groups is 3. The molecule has 1 unspecified atom stereocenters. The van der Waals surface area contributed by atoms with Crippen LogP contribution in [0.5, 0.6) is 0 Å². The standard InChI is InChI=1S/C13H16O6/c14-6-9(15)11(17)12-10(16)7-18-13(19-12)8-4-2-1-3-5-8/h1-6,9-13,15-17H,7H2/t9-,10+,11-,12+,13?/m0/s1. The molecule has 1 heterocycles. The minimum absolute atomic E-state index is 0.0487. The molecule has 1 aromatic carbocycles. The average Bonchev–Trinajstić information content (AvgIpc) is 2.47. The SMILES string of the molecule is O=C[C@H](O)[C@H](O)[C@@H]1OC(c2ccccc2)OC[C@H]1O. The first-order valence-corrected chi connectivity index (χ1v) is 5.95. The van der Waals surface area contributed by atoms with E-state index in [-0.39, 0.29) is 12.9 Å². The molecule has 1 fully saturated rings. The summed E-state index contributed by atoms with van der Waals surface area (Å²) in [5.41, 5.74) is 0.729. The summed E-state index contributed by atoms with van der Waals surface area (Å²) < 4.78 is 10.7. The number of aliphatic hydroxyl groups excluding tert-OH is 3. The van der Waals surface area contributed by atoms with Crippen LogP contribution >= 0.6 is 0 Å². The number of hydrogen-bond donors (Lipinski definition) is 3. The summed E-state index contributed by atoms with van der Waals surface area (Å²) in [6.07, 6.45) is -5.84. The molecule has 0 spiro atoms. The second-order valence-corrected chi connectivity index (χ2v) is 4.36. The average molecular weight is 268 g/mol. The Hall–Kier alpha value is -1.31. The molecule has 1 aromatic rings. The zero-order valence-electron chi connectivity index (χ0n) is 10.1. The molecule has 2 rings (SSSR count). The van der Waals surface area contributed by atoms with Crippen LogP contribution in [-0.4, -0.2) is 52.6 Å². The number of carbonyl (C=O) groups is 1. The Morgan fingerprint density at radius 1 is 1.26 bits per heavy atom. The van der Waals surface area contributed by atoms with Gasteiger partial charge in [-0.25, -0.2) is 0 Å². The Morgan fingerprint density at radius 3 is 2.58 bits per heavy atom. The molecule has 0 saturated carbocycles. The molecular weight excluding hydrogens is 252 g/mol. The summed E-state index contributed by atoms with van der Waals surface area (Å²) in [5, 5.41) is 28.8. The molecule has 1 aliphatic rings. The summed E-state index contributed by atoms with van der Waals surface area (Å²) in [5.74, 6) is 0. The van der Waals surface area contributed by atoms with Crippen molar-refractivity contribution in [3.05, 3.63) is 35.9 Å². The summed E-state index contributed by atoms with van der Waals surface area (Å²) in [7, 11) is 0. The number of rotatable bonds is 4. The van der Waals surface area contributed by atoms with Gasteiger partial charge in [0.05, 0.1) is 6.61 Å². The monoisotopic (exact) mass is 268 g/mol. The van der Waals surface area contributed by atoms with Crippen LogP contribution in [0.15, 0.2) is 30.3 Å². The molecule has 0 aliphatic carbocycles. The van der Waals surface area contributed by atoms with Crippen LogP contribution in [-0.2, 0) is 14.3 Å². The lowest BCUT2D eigenvalue weighted by atomic mass is 10.0. The van der Waals surface area contributed by atoms with Gasteiger partial charge in [-0.05, 0) is 0 Å². The molecule has 19 heavy (non-hydrogen) atoms. The van der Waals surface area contributed by atoms with Crippen LogP contribution in [0.25, 0.3) is 0 Å². The van der Waals surface area contributed by atoms with Gasteiger partial charge in [0.25, 0.3) is 0 Å². The quantitative estimate of drug-likeness (QED) is 0.630. The van der Waals surface area contributed by atoms with E-state index >= 15 is 0 Å². The maximum atomic E-state index is 10.5. The smallest absolute Gasteiger partial charge is 0.184 e. The maximum Gasteiger partial charge on any atom is 0.184 e. The first kappa shape index (κ1) is 14.1. The van der Waals surface area contributed by atoms with Crippen LogP contribution in [0.4, 0.5) is 0 Å². The van der Waals surface area contributed by atoms with Gasteiger partial charge in [-0.2, -0.15) is 0 Å². The lowest BCUT2D eigenvalue weighted by Gasteiger charge is -2.37. The fraction of sp³-hybridized carbons (Fsp3) is 0.462. The zero-order chi connectivity index (χ0) is 13.8. The van der Waals surface area contributed by atoms with Gasteiger partial charge in [0.2, 0.25) is 0 Å². The van der Waals surface area contributed by atoms with E-state index in [1.165, 1.54) is 0 Å². The van der Waals surface area contributed by atoms with Crippen molar-refractivity contribution in [2.75, 3.05) is 6.61 Å². The van der Waals surface area contributed by atoms with E-state index in [0.717, 1.165) is 5.56 Å². The highest BCUT2D eigenvalue weighted by Crippen LogP contribution is 2.28. The predicted molar refractivity (Wildman–Crippen MR) is 64.1 cm³/mol. The number of carbonyl (C=O) groups excluding carboxylic acids is 1. The van der Waals surface area contributed by atoms with Crippen molar-refractivity contribution >= 4 is 6.29 Å². The van der Waals surface area contributed by atoms with E-state index in [1.54, 1.807) is 24.3 Å². The topological polar surface area (TPSA) is 96.2 Å². The lowest BCUT2D eigenvalue weighted by molar-refractivity contribution is -0.281. The first-order chi connectivity index (χ1) is 9.13. The predicted octanol–water partition coefficient (Wildman–Crippen LogP) is -0.618. The molecule has 0 amide bonds. The fourth-order valence-corrected chi connectivity index (χ4v) is 1.92. The Balaban J connectivity index is 2.10. The molecule has 104 valence electrons. The van der Waals surface area contributed by atoms with Gasteiger partial charge in [0, 0.05) is 5.56 Å². The summed E-state index contributed by atoms with van der Waals surface area (Å²) in [4.78, 5) is 10.5. The van der Waals surface area contributed by atoms with Gasteiger partial charge in [0.15, 0.2) is 12.6 Å². The fourth-order valence-electron chi connectivity index (χ4n) is 1.92. The molecule has 3 N–H and O–H groups in total. The molecule has 1 saturated heterocycles. The molecule has 0 bridgehead atoms. The third-order valence-corrected chi connectivity index (χ3v) is 2.98. The molecule has 6 nitrogen and oxygen atoms in total. The number of ether oxygens (including phenoxy) is 2. The van der Waals surface area contributed by atoms with Gasteiger partial charge in [-0.1, -0.05) is 30.3 Å². The Bertz CT molecular complexity index is 409. The van der Waals surface area contributed by atoms with Gasteiger partial charge < -0.3 is 29.6 Å². The van der Waals surface area contributed by atoms with E-state index in [1.807, 2.05) is 6.07 Å². The molecule has 0 aromatic heterocycles. The van der Waals surface area contributed by atoms with E-state index in [2.05, 4.69) is 0 Å². The van der Waals surface area contributed by atoms with E-state index in [4.69, 9.17) is 9.47 Å². The van der Waals surface area contributed by atoms with Gasteiger partial charge in [-0.3, -0.25) is 0 Å². The van der Waals surface area contributed by atoms with Crippen molar-refractivity contribution in [3.8, 4) is 0 Å². The number of benzene rings is 1. The molecular formula is C13H16O6. The van der Waals surface area contributed by atoms with Crippen molar-refractivity contribution in [1.82, 2.24) is 0 Å². The Labute approximate surface area is 110 Å². The second-order valence-electron chi connectivity index (χ2n) is 4.36. The van der Waals surface area contributed by atoms with Crippen LogP contribution in [0.1, 0.15) is 11.9 Å². The number of aldehydes is 1. The molecule has 1 aliphatic heterocycles. The van der Waals surface area contributed by atoms with Crippen LogP contribution in [0, 0.1) is 0 Å². The minimum Gasteiger partial charge on any atom is -0.388 e. The van der Waals surface area contributed by atoms with Crippen molar-refractivity contribution in [2.24, 2.45) is 0 Å². The van der Waals surface area contributed by atoms with Gasteiger partial charge >= 0.3 is 0 Å². The summed E-state index contributed by atoms with van der Waals surface area (Å²) >= 11 is 0. The zero-order valence-corrected chi connectivity index (χ0v) is 10.1. The van der Waals surface area contributed by atoms with Gasteiger partial charge in [-0.15, -0.1) is 0 Å². The Morgan fingerprint density at radius 2 is 1.95 bits per heavy atom. The van der Waals surface area contributed by atoms with E-state index in [0.29, 0.717) is 0 Å². The van der Waals surface area contributed by atoms with Crippen molar-refractivity contribution in [2.45, 2.75) is 30.7 Å². The first-order valence-electron chi connectivity index (χ1n) is 5.95. The largest absolute Gasteiger partial charge is 0.388 e. The maximum absolute atomic E-state index is 10.5. The van der Waals surface area contributed by atoms with Crippen molar-refractivity contribution in [1.29, 1.82) is 0 Å². The second kappa shape index (κ2) is 6.23. The minimum atomic E-state index is -1.60. The van der Waals surface area contributed by atoms with Crippen LogP contribution in [0.2, 0.25) is 0 Å². The van der Waals surface area contributed by atoms with Gasteiger partial charge in [0.1, 0.15) is 24.4 Å². The van der Waals surface area contributed by atoms with Crippen LogP contribution in [0.3, 0.4) is 0 Å². The van der Waals surface area contributed by atoms with Crippen LogP contribution < -0.4 is 0 Å². The highest BCUT2D eigenvalue weighted by atomic mass is 16.7. The van der Waals surface area contributed by atoms with E-state index < -0.39 is 30.7 Å². The lowest BCUT2D eigenvalue weighted by Crippen LogP contribution is -2.51. The third kappa shape index (κ3) is 3.17. The third-order valence-electron chi connectivity index (χ3n) is 2.98. The summed E-state index contributed by atoms with van der Waals surface area (Å²) in [6, 6.07) is 9.01. The normalized spacial score (nSPS) is 30.6. The number of hydrogen-bond acceptors (Lipinski definition) is 6. The molecule has 0 radical (unpaired) electrons. The van der Waals surface area contributed by atoms with E-state index in [9.17, 15) is 20.1 Å². The summed E-state index contributed by atoms with van der Waals surface area (Å²) in [6.45, 7) is -0.0487. The highest BCUT2D eigenvalue weighted by Gasteiger charge is 2.39. The molecule has 6 heteroatoms. The Kier molecular flexibility index (Phi) is 4.62. The van der Waals surface area contributed by atoms with Crippen molar-refractivity contribution in [3.63, 3.8) is 0 Å². The highest BCUT2D eigenvalue weighted by molar-refractivity contribution is 5.56. The van der Waals surface area contributed by atoms with Crippen molar-refractivity contribution < 1.29 is 29.6 Å².